The number of hydrogen-bond acceptors (Lipinski definition) is 2. The molecule has 0 rings (SSSR count). The van der Waals surface area contributed by atoms with Gasteiger partial charge in [0.1, 0.15) is 0 Å². The van der Waals surface area contributed by atoms with Crippen molar-refractivity contribution < 1.29 is 9.53 Å². The molecule has 0 unspecified atom stereocenters. The average molecular weight is 180 g/mol. The Kier molecular flexibility index (Phi) is 6.60. The highest BCUT2D eigenvalue weighted by atomic mass is 16.5. The average Bonchev–Trinajstić information content (AvgIpc) is 2.10. The molecule has 0 bridgehead atoms. The molecule has 0 aromatic rings. The third kappa shape index (κ3) is 7.06. The zero-order chi connectivity index (χ0) is 10.1. The molecule has 0 radical (unpaired) electrons. The molecule has 0 heterocycles. The Labute approximate surface area is 79.6 Å². The molecule has 2 heteroatoms. The van der Waals surface area contributed by atoms with Gasteiger partial charge in [0.25, 0.3) is 0 Å². The van der Waals surface area contributed by atoms with E-state index in [4.69, 9.17) is 4.74 Å². The summed E-state index contributed by atoms with van der Waals surface area (Å²) < 4.78 is 4.87. The first-order valence-electron chi connectivity index (χ1n) is 4.29. The van der Waals surface area contributed by atoms with E-state index < -0.39 is 0 Å². The predicted molar refractivity (Wildman–Crippen MR) is 54.3 cm³/mol. The number of ether oxygens (including phenoxy) is 1. The number of allylic oxidation sites excluding steroid dienone is 3. The van der Waals surface area contributed by atoms with Crippen LogP contribution in [0.15, 0.2) is 36.5 Å². The number of esters is 1. The number of hydrogen-bond donors (Lipinski definition) is 0. The SMILES string of the molecule is C=C(C)C(=O)OCCC=CC=CC. The van der Waals surface area contributed by atoms with Gasteiger partial charge in [0.15, 0.2) is 0 Å². The zero-order valence-electron chi connectivity index (χ0n) is 8.25. The van der Waals surface area contributed by atoms with Crippen LogP contribution in [0.3, 0.4) is 0 Å². The molecule has 0 amide bonds. The Bertz CT molecular complexity index is 224. The monoisotopic (exact) mass is 180 g/mol. The quantitative estimate of drug-likeness (QED) is 0.281. The van der Waals surface area contributed by atoms with Gasteiger partial charge in [0, 0.05) is 5.57 Å². The lowest BCUT2D eigenvalue weighted by Gasteiger charge is -2.00. The summed E-state index contributed by atoms with van der Waals surface area (Å²) in [5, 5.41) is 0. The smallest absolute Gasteiger partial charge is 0.333 e. The summed E-state index contributed by atoms with van der Waals surface area (Å²) >= 11 is 0. The number of carbonyl (C=O) groups is 1. The zero-order valence-corrected chi connectivity index (χ0v) is 8.25. The minimum atomic E-state index is -0.320. The van der Waals surface area contributed by atoms with Gasteiger partial charge in [-0.25, -0.2) is 4.79 Å². The summed E-state index contributed by atoms with van der Waals surface area (Å²) in [5.41, 5.74) is 0.442. The third-order valence-electron chi connectivity index (χ3n) is 1.31. The second kappa shape index (κ2) is 7.35. The van der Waals surface area contributed by atoms with Gasteiger partial charge in [-0.2, -0.15) is 0 Å². The molecule has 72 valence electrons. The Hall–Kier alpha value is -1.31. The maximum atomic E-state index is 10.9. The van der Waals surface area contributed by atoms with Crippen molar-refractivity contribution in [3.05, 3.63) is 36.5 Å². The van der Waals surface area contributed by atoms with Gasteiger partial charge in [0.05, 0.1) is 6.61 Å². The van der Waals surface area contributed by atoms with Crippen molar-refractivity contribution in [3.63, 3.8) is 0 Å². The van der Waals surface area contributed by atoms with Crippen LogP contribution in [0.5, 0.6) is 0 Å². The van der Waals surface area contributed by atoms with E-state index in [9.17, 15) is 4.79 Å². The molecule has 0 aromatic heterocycles. The van der Waals surface area contributed by atoms with Crippen LogP contribution in [-0.4, -0.2) is 12.6 Å². The van der Waals surface area contributed by atoms with E-state index in [-0.39, 0.29) is 5.97 Å². The predicted octanol–water partition coefficient (Wildman–Crippen LogP) is 2.63. The van der Waals surface area contributed by atoms with Gasteiger partial charge in [-0.3, -0.25) is 0 Å². The summed E-state index contributed by atoms with van der Waals surface area (Å²) in [6.07, 6.45) is 8.49. The van der Waals surface area contributed by atoms with E-state index >= 15 is 0 Å². The number of carbonyl (C=O) groups excluding carboxylic acids is 1. The van der Waals surface area contributed by atoms with E-state index in [1.165, 1.54) is 0 Å². The first-order chi connectivity index (χ1) is 6.18. The normalized spacial score (nSPS) is 10.9. The first kappa shape index (κ1) is 11.7. The van der Waals surface area contributed by atoms with Gasteiger partial charge in [-0.1, -0.05) is 30.9 Å². The van der Waals surface area contributed by atoms with E-state index in [1.807, 2.05) is 31.2 Å². The fourth-order valence-corrected chi connectivity index (χ4v) is 0.629. The van der Waals surface area contributed by atoms with Crippen molar-refractivity contribution in [2.75, 3.05) is 6.61 Å². The Morgan fingerprint density at radius 2 is 2.15 bits per heavy atom. The standard InChI is InChI=1S/C11H16O2/c1-4-5-6-7-8-9-13-11(12)10(2)3/h4-7H,2,8-9H2,1,3H3. The summed E-state index contributed by atoms with van der Waals surface area (Å²) in [6, 6.07) is 0. The van der Waals surface area contributed by atoms with E-state index in [0.29, 0.717) is 12.2 Å². The minimum Gasteiger partial charge on any atom is -0.462 e. The molecule has 13 heavy (non-hydrogen) atoms. The molecule has 2 nitrogen and oxygen atoms in total. The number of rotatable bonds is 5. The molecular weight excluding hydrogens is 164 g/mol. The first-order valence-corrected chi connectivity index (χ1v) is 4.29. The topological polar surface area (TPSA) is 26.3 Å². The molecule has 0 aliphatic heterocycles. The van der Waals surface area contributed by atoms with Crippen molar-refractivity contribution in [1.29, 1.82) is 0 Å². The fourth-order valence-electron chi connectivity index (χ4n) is 0.629. The van der Waals surface area contributed by atoms with Gasteiger partial charge < -0.3 is 4.74 Å². The van der Waals surface area contributed by atoms with Gasteiger partial charge in [0.2, 0.25) is 0 Å². The highest BCUT2D eigenvalue weighted by Gasteiger charge is 2.00. The van der Waals surface area contributed by atoms with Gasteiger partial charge in [-0.05, 0) is 20.3 Å². The molecule has 0 fully saturated rings. The lowest BCUT2D eigenvalue weighted by Crippen LogP contribution is -2.05. The van der Waals surface area contributed by atoms with Crippen molar-refractivity contribution in [2.24, 2.45) is 0 Å². The van der Waals surface area contributed by atoms with Crippen LogP contribution in [0.2, 0.25) is 0 Å². The van der Waals surface area contributed by atoms with Crippen LogP contribution in [-0.2, 0) is 9.53 Å². The molecule has 0 aromatic carbocycles. The highest BCUT2D eigenvalue weighted by Crippen LogP contribution is 1.94. The van der Waals surface area contributed by atoms with Crippen molar-refractivity contribution in [3.8, 4) is 0 Å². The molecule has 0 spiro atoms. The Morgan fingerprint density at radius 3 is 2.69 bits per heavy atom. The van der Waals surface area contributed by atoms with Gasteiger partial charge >= 0.3 is 5.97 Å². The van der Waals surface area contributed by atoms with Crippen LogP contribution < -0.4 is 0 Å². The maximum absolute atomic E-state index is 10.9. The summed E-state index contributed by atoms with van der Waals surface area (Å²) in [5.74, 6) is -0.320. The molecule has 0 aliphatic carbocycles. The lowest BCUT2D eigenvalue weighted by atomic mass is 10.3. The van der Waals surface area contributed by atoms with Crippen molar-refractivity contribution in [1.82, 2.24) is 0 Å². The summed E-state index contributed by atoms with van der Waals surface area (Å²) in [4.78, 5) is 10.9. The van der Waals surface area contributed by atoms with E-state index in [0.717, 1.165) is 6.42 Å². The Balaban J connectivity index is 3.46. The largest absolute Gasteiger partial charge is 0.462 e. The summed E-state index contributed by atoms with van der Waals surface area (Å²) in [7, 11) is 0. The fraction of sp³-hybridized carbons (Fsp3) is 0.364. The second-order valence-corrected chi connectivity index (χ2v) is 2.66. The lowest BCUT2D eigenvalue weighted by molar-refractivity contribution is -0.138. The van der Waals surface area contributed by atoms with E-state index in [2.05, 4.69) is 6.58 Å². The molecule has 0 N–H and O–H groups in total. The van der Waals surface area contributed by atoms with Crippen LogP contribution >= 0.6 is 0 Å². The van der Waals surface area contributed by atoms with Crippen LogP contribution in [0.4, 0.5) is 0 Å². The Morgan fingerprint density at radius 1 is 1.46 bits per heavy atom. The van der Waals surface area contributed by atoms with Crippen LogP contribution in [0, 0.1) is 0 Å². The minimum absolute atomic E-state index is 0.320. The third-order valence-corrected chi connectivity index (χ3v) is 1.31. The van der Waals surface area contributed by atoms with Crippen molar-refractivity contribution in [2.45, 2.75) is 20.3 Å². The van der Waals surface area contributed by atoms with Crippen LogP contribution in [0.1, 0.15) is 20.3 Å². The van der Waals surface area contributed by atoms with Crippen LogP contribution in [0.25, 0.3) is 0 Å². The molecule has 0 saturated carbocycles. The molecule has 0 atom stereocenters. The second-order valence-electron chi connectivity index (χ2n) is 2.66. The summed E-state index contributed by atoms with van der Waals surface area (Å²) in [6.45, 7) is 7.48. The van der Waals surface area contributed by atoms with Gasteiger partial charge in [-0.15, -0.1) is 0 Å². The molecule has 0 aliphatic rings. The molecule has 0 saturated heterocycles. The van der Waals surface area contributed by atoms with Crippen molar-refractivity contribution >= 4 is 5.97 Å². The highest BCUT2D eigenvalue weighted by molar-refractivity contribution is 5.86. The molecular formula is C11H16O2. The van der Waals surface area contributed by atoms with E-state index in [1.54, 1.807) is 6.92 Å². The maximum Gasteiger partial charge on any atom is 0.333 e.